The van der Waals surface area contributed by atoms with Crippen molar-refractivity contribution < 1.29 is 9.18 Å². The summed E-state index contributed by atoms with van der Waals surface area (Å²) >= 11 is 3.13. The molecule has 0 saturated heterocycles. The molecule has 5 heteroatoms. The van der Waals surface area contributed by atoms with Gasteiger partial charge in [0.15, 0.2) is 0 Å². The van der Waals surface area contributed by atoms with Crippen LogP contribution >= 0.6 is 15.9 Å². The van der Waals surface area contributed by atoms with Crippen LogP contribution in [0.3, 0.4) is 0 Å². The van der Waals surface area contributed by atoms with Gasteiger partial charge in [-0.1, -0.05) is 11.6 Å². The highest BCUT2D eigenvalue weighted by Crippen LogP contribution is 2.22. The molecule has 3 N–H and O–H groups in total. The van der Waals surface area contributed by atoms with Gasteiger partial charge >= 0.3 is 0 Å². The van der Waals surface area contributed by atoms with Crippen molar-refractivity contribution in [3.63, 3.8) is 0 Å². The lowest BCUT2D eigenvalue weighted by Gasteiger charge is -2.07. The van der Waals surface area contributed by atoms with Crippen molar-refractivity contribution >= 4 is 27.5 Å². The fraction of sp³-hybridized carbons (Fsp3) is 0.250. The Bertz CT molecular complexity index is 468. The monoisotopic (exact) mass is 300 g/mol. The highest BCUT2D eigenvalue weighted by atomic mass is 79.9. The van der Waals surface area contributed by atoms with Crippen molar-refractivity contribution in [1.82, 2.24) is 5.32 Å². The summed E-state index contributed by atoms with van der Waals surface area (Å²) in [5.74, 6) is -0.834. The SMILES string of the molecule is CC(C)=CCNC(=O)c1cc(N)c(F)cc1Br. The van der Waals surface area contributed by atoms with E-state index in [0.717, 1.165) is 5.57 Å². The van der Waals surface area contributed by atoms with Crippen molar-refractivity contribution in [2.24, 2.45) is 0 Å². The summed E-state index contributed by atoms with van der Waals surface area (Å²) < 4.78 is 13.5. The van der Waals surface area contributed by atoms with Gasteiger partial charge in [-0.05, 0) is 41.9 Å². The predicted molar refractivity (Wildman–Crippen MR) is 70.3 cm³/mol. The van der Waals surface area contributed by atoms with Crippen molar-refractivity contribution in [3.8, 4) is 0 Å². The first-order valence-electron chi connectivity index (χ1n) is 5.08. The second kappa shape index (κ2) is 5.82. The van der Waals surface area contributed by atoms with Crippen LogP contribution < -0.4 is 11.1 Å². The van der Waals surface area contributed by atoms with Gasteiger partial charge in [0.2, 0.25) is 0 Å². The molecule has 0 saturated carbocycles. The number of allylic oxidation sites excluding steroid dienone is 1. The molecule has 0 heterocycles. The molecule has 0 fully saturated rings. The number of anilines is 1. The van der Waals surface area contributed by atoms with Crippen LogP contribution in [0.5, 0.6) is 0 Å². The Morgan fingerprint density at radius 3 is 2.76 bits per heavy atom. The summed E-state index contributed by atoms with van der Waals surface area (Å²) in [4.78, 5) is 11.8. The van der Waals surface area contributed by atoms with E-state index < -0.39 is 5.82 Å². The molecule has 0 aliphatic rings. The van der Waals surface area contributed by atoms with Crippen molar-refractivity contribution in [2.45, 2.75) is 13.8 Å². The van der Waals surface area contributed by atoms with E-state index in [-0.39, 0.29) is 11.6 Å². The number of nitrogen functional groups attached to an aromatic ring is 1. The van der Waals surface area contributed by atoms with E-state index in [1.807, 2.05) is 19.9 Å². The topological polar surface area (TPSA) is 55.1 Å². The molecular formula is C12H14BrFN2O. The Hall–Kier alpha value is -1.36. The summed E-state index contributed by atoms with van der Waals surface area (Å²) in [5, 5.41) is 2.69. The number of carbonyl (C=O) groups excluding carboxylic acids is 1. The third-order valence-corrected chi connectivity index (χ3v) is 2.76. The van der Waals surface area contributed by atoms with Crippen LogP contribution in [0, 0.1) is 5.82 Å². The number of hydrogen-bond donors (Lipinski definition) is 2. The van der Waals surface area contributed by atoms with Crippen LogP contribution in [-0.4, -0.2) is 12.5 Å². The van der Waals surface area contributed by atoms with Gasteiger partial charge in [-0.3, -0.25) is 4.79 Å². The van der Waals surface area contributed by atoms with Gasteiger partial charge in [0.1, 0.15) is 5.82 Å². The van der Waals surface area contributed by atoms with Crippen LogP contribution in [0.25, 0.3) is 0 Å². The molecule has 17 heavy (non-hydrogen) atoms. The second-order valence-corrected chi connectivity index (χ2v) is 4.70. The number of nitrogens with one attached hydrogen (secondary N) is 1. The molecule has 0 unspecified atom stereocenters. The van der Waals surface area contributed by atoms with Crippen LogP contribution in [-0.2, 0) is 0 Å². The third kappa shape index (κ3) is 3.85. The maximum Gasteiger partial charge on any atom is 0.252 e. The molecular weight excluding hydrogens is 287 g/mol. The minimum atomic E-state index is -0.544. The molecule has 0 radical (unpaired) electrons. The smallest absolute Gasteiger partial charge is 0.252 e. The number of benzene rings is 1. The first-order chi connectivity index (χ1) is 7.91. The Labute approximate surface area is 108 Å². The lowest BCUT2D eigenvalue weighted by Crippen LogP contribution is -2.24. The largest absolute Gasteiger partial charge is 0.396 e. The standard InChI is InChI=1S/C12H14BrFN2O/c1-7(2)3-4-16-12(17)8-5-11(15)10(14)6-9(8)13/h3,5-6H,4,15H2,1-2H3,(H,16,17). The molecule has 1 aromatic rings. The summed E-state index contributed by atoms with van der Waals surface area (Å²) in [6, 6.07) is 2.50. The van der Waals surface area contributed by atoms with Crippen LogP contribution in [0.15, 0.2) is 28.3 Å². The molecule has 0 spiro atoms. The molecule has 0 aromatic heterocycles. The fourth-order valence-electron chi connectivity index (χ4n) is 1.18. The minimum absolute atomic E-state index is 0.0411. The molecule has 0 atom stereocenters. The van der Waals surface area contributed by atoms with E-state index in [2.05, 4.69) is 21.2 Å². The zero-order chi connectivity index (χ0) is 13.0. The van der Waals surface area contributed by atoms with Crippen molar-refractivity contribution in [3.05, 3.63) is 39.6 Å². The van der Waals surface area contributed by atoms with Crippen molar-refractivity contribution in [1.29, 1.82) is 0 Å². The second-order valence-electron chi connectivity index (χ2n) is 3.85. The molecule has 92 valence electrons. The molecule has 0 aliphatic carbocycles. The maximum absolute atomic E-state index is 13.1. The van der Waals surface area contributed by atoms with Gasteiger partial charge < -0.3 is 11.1 Å². The van der Waals surface area contributed by atoms with Crippen LogP contribution in [0.1, 0.15) is 24.2 Å². The van der Waals surface area contributed by atoms with Gasteiger partial charge in [0, 0.05) is 11.0 Å². The van der Waals surface area contributed by atoms with E-state index in [9.17, 15) is 9.18 Å². The molecule has 0 bridgehead atoms. The highest BCUT2D eigenvalue weighted by molar-refractivity contribution is 9.10. The first-order valence-corrected chi connectivity index (χ1v) is 5.87. The highest BCUT2D eigenvalue weighted by Gasteiger charge is 2.12. The number of nitrogens with two attached hydrogens (primary N) is 1. The predicted octanol–water partition coefficient (Wildman–Crippen LogP) is 2.87. The van der Waals surface area contributed by atoms with Crippen LogP contribution in [0.4, 0.5) is 10.1 Å². The van der Waals surface area contributed by atoms with E-state index in [4.69, 9.17) is 5.73 Å². The Balaban J connectivity index is 2.82. The quantitative estimate of drug-likeness (QED) is 0.666. The molecule has 1 rings (SSSR count). The Kier molecular flexibility index (Phi) is 4.69. The molecule has 3 nitrogen and oxygen atoms in total. The minimum Gasteiger partial charge on any atom is -0.396 e. The normalized spacial score (nSPS) is 9.88. The zero-order valence-electron chi connectivity index (χ0n) is 9.68. The number of amides is 1. The maximum atomic E-state index is 13.1. The zero-order valence-corrected chi connectivity index (χ0v) is 11.3. The van der Waals surface area contributed by atoms with Gasteiger partial charge in [-0.2, -0.15) is 0 Å². The number of halogens is 2. The molecule has 1 aromatic carbocycles. The van der Waals surface area contributed by atoms with E-state index >= 15 is 0 Å². The average Bonchev–Trinajstić information content (AvgIpc) is 2.22. The first kappa shape index (κ1) is 13.7. The van der Waals surface area contributed by atoms with Gasteiger partial charge in [0.25, 0.3) is 5.91 Å². The van der Waals surface area contributed by atoms with E-state index in [0.29, 0.717) is 16.6 Å². The van der Waals surface area contributed by atoms with Gasteiger partial charge in [-0.15, -0.1) is 0 Å². The van der Waals surface area contributed by atoms with Gasteiger partial charge in [-0.25, -0.2) is 4.39 Å². The summed E-state index contributed by atoms with van der Waals surface area (Å²) in [6.45, 7) is 4.32. The van der Waals surface area contributed by atoms with Gasteiger partial charge in [0.05, 0.1) is 11.3 Å². The number of hydrogen-bond acceptors (Lipinski definition) is 2. The summed E-state index contributed by atoms with van der Waals surface area (Å²) in [5.41, 5.74) is 6.81. The summed E-state index contributed by atoms with van der Waals surface area (Å²) in [7, 11) is 0. The number of carbonyl (C=O) groups is 1. The van der Waals surface area contributed by atoms with Crippen LogP contribution in [0.2, 0.25) is 0 Å². The Morgan fingerprint density at radius 1 is 1.53 bits per heavy atom. The van der Waals surface area contributed by atoms with Crippen molar-refractivity contribution in [2.75, 3.05) is 12.3 Å². The van der Waals surface area contributed by atoms with E-state index in [1.165, 1.54) is 12.1 Å². The molecule has 0 aliphatic heterocycles. The van der Waals surface area contributed by atoms with E-state index in [1.54, 1.807) is 0 Å². The molecule has 1 amide bonds. The number of rotatable bonds is 3. The lowest BCUT2D eigenvalue weighted by molar-refractivity contribution is 0.0957. The Morgan fingerprint density at radius 2 is 2.18 bits per heavy atom. The summed E-state index contributed by atoms with van der Waals surface area (Å²) in [6.07, 6.45) is 1.89. The third-order valence-electron chi connectivity index (χ3n) is 2.10. The average molecular weight is 301 g/mol. The fourth-order valence-corrected chi connectivity index (χ4v) is 1.68. The lowest BCUT2D eigenvalue weighted by atomic mass is 10.2.